The van der Waals surface area contributed by atoms with Gasteiger partial charge in [0, 0.05) is 12.8 Å². The number of fused-ring (bicyclic) bond motifs is 1. The van der Waals surface area contributed by atoms with E-state index in [1.807, 2.05) is 55.5 Å². The summed E-state index contributed by atoms with van der Waals surface area (Å²) in [6, 6.07) is 15.7. The molecule has 1 aromatic heterocycles. The Morgan fingerprint density at radius 2 is 1.96 bits per heavy atom. The van der Waals surface area contributed by atoms with E-state index in [0.29, 0.717) is 24.1 Å². The summed E-state index contributed by atoms with van der Waals surface area (Å²) in [4.78, 5) is 16.8. The second-order valence-corrected chi connectivity index (χ2v) is 6.10. The maximum absolute atomic E-state index is 12.3. The van der Waals surface area contributed by atoms with Gasteiger partial charge < -0.3 is 5.11 Å². The van der Waals surface area contributed by atoms with Gasteiger partial charge in [0.05, 0.1) is 11.3 Å². The van der Waals surface area contributed by atoms with Gasteiger partial charge in [-0.25, -0.2) is 0 Å². The van der Waals surface area contributed by atoms with Gasteiger partial charge in [0.15, 0.2) is 0 Å². The van der Waals surface area contributed by atoms with Crippen LogP contribution < -0.4 is 5.56 Å². The molecule has 0 bridgehead atoms. The number of aromatic hydroxyl groups is 1. The van der Waals surface area contributed by atoms with E-state index in [1.54, 1.807) is 6.92 Å². The fraction of sp³-hybridized carbons (Fsp3) is 0.190. The Bertz CT molecular complexity index is 1100. The lowest BCUT2D eigenvalue weighted by Gasteiger charge is -2.13. The van der Waals surface area contributed by atoms with Crippen LogP contribution in [0.25, 0.3) is 10.8 Å². The Morgan fingerprint density at radius 1 is 1.23 bits per heavy atom. The molecule has 3 aromatic rings. The van der Waals surface area contributed by atoms with Crippen LogP contribution in [0.3, 0.4) is 0 Å². The second kappa shape index (κ2) is 7.24. The van der Waals surface area contributed by atoms with Crippen molar-refractivity contribution in [1.82, 2.24) is 4.57 Å². The zero-order chi connectivity index (χ0) is 18.7. The molecule has 0 fully saturated rings. The van der Waals surface area contributed by atoms with E-state index in [4.69, 9.17) is 0 Å². The number of pyridine rings is 1. The quantitative estimate of drug-likeness (QED) is 0.725. The summed E-state index contributed by atoms with van der Waals surface area (Å²) in [6.07, 6.45) is 2.18. The van der Waals surface area contributed by atoms with Crippen LogP contribution in [0.1, 0.15) is 30.0 Å². The van der Waals surface area contributed by atoms with Gasteiger partial charge in [-0.15, -0.1) is 0 Å². The molecule has 0 atom stereocenters. The average Bonchev–Trinajstić information content (AvgIpc) is 2.65. The van der Waals surface area contributed by atoms with E-state index in [2.05, 4.69) is 4.99 Å². The molecule has 5 heteroatoms. The van der Waals surface area contributed by atoms with Crippen molar-refractivity contribution in [2.45, 2.75) is 26.8 Å². The number of rotatable bonds is 4. The van der Waals surface area contributed by atoms with Gasteiger partial charge in [-0.3, -0.25) is 14.4 Å². The molecule has 2 aromatic carbocycles. The summed E-state index contributed by atoms with van der Waals surface area (Å²) >= 11 is 0. The summed E-state index contributed by atoms with van der Waals surface area (Å²) in [5, 5.41) is 22.0. The van der Waals surface area contributed by atoms with Gasteiger partial charge in [-0.1, -0.05) is 37.3 Å². The molecule has 3 rings (SSSR count). The third-order valence-corrected chi connectivity index (χ3v) is 4.37. The van der Waals surface area contributed by atoms with Crippen LogP contribution >= 0.6 is 0 Å². The number of hydrogen-bond donors (Lipinski definition) is 1. The van der Waals surface area contributed by atoms with Crippen molar-refractivity contribution in [3.63, 3.8) is 0 Å². The molecule has 0 radical (unpaired) electrons. The van der Waals surface area contributed by atoms with Crippen LogP contribution in [0.2, 0.25) is 0 Å². The van der Waals surface area contributed by atoms with E-state index in [9.17, 15) is 15.2 Å². The minimum absolute atomic E-state index is 0.0382. The molecule has 0 unspecified atom stereocenters. The van der Waals surface area contributed by atoms with Crippen molar-refractivity contribution in [2.75, 3.05) is 0 Å². The SMILES string of the molecule is CCCn1c(O)c(C=Nc2ccc3ccccc3c2)c(C)c(C#N)c1=O. The Morgan fingerprint density at radius 3 is 2.65 bits per heavy atom. The summed E-state index contributed by atoms with van der Waals surface area (Å²) in [6.45, 7) is 3.90. The molecule has 5 nitrogen and oxygen atoms in total. The monoisotopic (exact) mass is 345 g/mol. The molecule has 0 aliphatic carbocycles. The van der Waals surface area contributed by atoms with Crippen LogP contribution in [-0.4, -0.2) is 15.9 Å². The summed E-state index contributed by atoms with van der Waals surface area (Å²) < 4.78 is 1.23. The van der Waals surface area contributed by atoms with Gasteiger partial charge in [-0.05, 0) is 41.8 Å². The molecular weight excluding hydrogens is 326 g/mol. The topological polar surface area (TPSA) is 78.4 Å². The highest BCUT2D eigenvalue weighted by atomic mass is 16.3. The van der Waals surface area contributed by atoms with Crippen molar-refractivity contribution in [3.8, 4) is 11.9 Å². The Kier molecular flexibility index (Phi) is 4.85. The lowest BCUT2D eigenvalue weighted by Crippen LogP contribution is -2.25. The van der Waals surface area contributed by atoms with Crippen LogP contribution in [0.15, 0.2) is 52.3 Å². The summed E-state index contributed by atoms with van der Waals surface area (Å²) in [5.74, 6) is -0.155. The Balaban J connectivity index is 2.10. The van der Waals surface area contributed by atoms with E-state index in [-0.39, 0.29) is 11.4 Å². The standard InChI is InChI=1S/C21H19N3O2/c1-3-10-24-20(25)18(12-22)14(2)19(21(24)26)13-23-17-9-8-15-6-4-5-7-16(15)11-17/h4-9,11,13,26H,3,10H2,1-2H3. The number of benzene rings is 2. The van der Waals surface area contributed by atoms with Crippen LogP contribution in [0.4, 0.5) is 5.69 Å². The predicted molar refractivity (Wildman–Crippen MR) is 103 cm³/mol. The molecule has 1 N–H and O–H groups in total. The number of hydrogen-bond acceptors (Lipinski definition) is 4. The first-order chi connectivity index (χ1) is 12.6. The largest absolute Gasteiger partial charge is 0.494 e. The summed E-state index contributed by atoms with van der Waals surface area (Å²) in [5.41, 5.74) is 1.13. The molecule has 0 aliphatic rings. The van der Waals surface area contributed by atoms with Crippen LogP contribution in [-0.2, 0) is 6.54 Å². The summed E-state index contributed by atoms with van der Waals surface area (Å²) in [7, 11) is 0. The second-order valence-electron chi connectivity index (χ2n) is 6.10. The molecule has 130 valence electrons. The Labute approximate surface area is 151 Å². The lowest BCUT2D eigenvalue weighted by atomic mass is 10.1. The normalized spacial score (nSPS) is 11.1. The fourth-order valence-corrected chi connectivity index (χ4v) is 2.95. The highest BCUT2D eigenvalue weighted by Crippen LogP contribution is 2.24. The molecular formula is C21H19N3O2. The van der Waals surface area contributed by atoms with Gasteiger partial charge in [0.2, 0.25) is 5.88 Å². The first-order valence-corrected chi connectivity index (χ1v) is 8.46. The Hall–Kier alpha value is -3.39. The molecule has 0 amide bonds. The number of aliphatic imine (C=N–C) groups is 1. The van der Waals surface area contributed by atoms with Gasteiger partial charge >= 0.3 is 0 Å². The zero-order valence-corrected chi connectivity index (χ0v) is 14.7. The van der Waals surface area contributed by atoms with Crippen molar-refractivity contribution >= 4 is 22.7 Å². The van der Waals surface area contributed by atoms with Crippen molar-refractivity contribution < 1.29 is 5.11 Å². The molecule has 1 heterocycles. The smallest absolute Gasteiger partial charge is 0.271 e. The van der Waals surface area contributed by atoms with Crippen LogP contribution in [0, 0.1) is 18.3 Å². The van der Waals surface area contributed by atoms with Gasteiger partial charge in [-0.2, -0.15) is 5.26 Å². The van der Waals surface area contributed by atoms with Crippen LogP contribution in [0.5, 0.6) is 5.88 Å². The molecule has 0 saturated heterocycles. The first-order valence-electron chi connectivity index (χ1n) is 8.46. The lowest BCUT2D eigenvalue weighted by molar-refractivity contribution is 0.403. The average molecular weight is 345 g/mol. The van der Waals surface area contributed by atoms with E-state index in [1.165, 1.54) is 10.8 Å². The van der Waals surface area contributed by atoms with E-state index in [0.717, 1.165) is 16.5 Å². The molecule has 0 aliphatic heterocycles. The van der Waals surface area contributed by atoms with Crippen molar-refractivity contribution in [2.24, 2.45) is 4.99 Å². The minimum Gasteiger partial charge on any atom is -0.494 e. The molecule has 26 heavy (non-hydrogen) atoms. The van der Waals surface area contributed by atoms with Crippen molar-refractivity contribution in [1.29, 1.82) is 5.26 Å². The third kappa shape index (κ3) is 3.09. The molecule has 0 saturated carbocycles. The van der Waals surface area contributed by atoms with Crippen molar-refractivity contribution in [3.05, 3.63) is 69.5 Å². The number of aromatic nitrogens is 1. The van der Waals surface area contributed by atoms with E-state index >= 15 is 0 Å². The highest BCUT2D eigenvalue weighted by Gasteiger charge is 2.17. The van der Waals surface area contributed by atoms with E-state index < -0.39 is 5.56 Å². The third-order valence-electron chi connectivity index (χ3n) is 4.37. The fourth-order valence-electron chi connectivity index (χ4n) is 2.95. The molecule has 0 spiro atoms. The highest BCUT2D eigenvalue weighted by molar-refractivity contribution is 5.90. The maximum atomic E-state index is 12.3. The first kappa shape index (κ1) is 17.4. The number of nitriles is 1. The zero-order valence-electron chi connectivity index (χ0n) is 14.7. The maximum Gasteiger partial charge on any atom is 0.271 e. The minimum atomic E-state index is -0.466. The number of nitrogens with zero attached hydrogens (tertiary/aromatic N) is 3. The van der Waals surface area contributed by atoms with Gasteiger partial charge in [0.25, 0.3) is 5.56 Å². The van der Waals surface area contributed by atoms with Gasteiger partial charge in [0.1, 0.15) is 11.6 Å². The predicted octanol–water partition coefficient (Wildman–Crippen LogP) is 4.05.